The van der Waals surface area contributed by atoms with E-state index in [0.717, 1.165) is 12.2 Å². The van der Waals surface area contributed by atoms with Gasteiger partial charge in [-0.25, -0.2) is 4.79 Å². The number of rotatable bonds is 3. The Morgan fingerprint density at radius 2 is 1.77 bits per heavy atom. The predicted molar refractivity (Wildman–Crippen MR) is 46.9 cm³/mol. The monoisotopic (exact) mass is 206 g/mol. The Labute approximate surface area is 81.4 Å². The van der Waals surface area contributed by atoms with Crippen LogP contribution in [0.2, 0.25) is 0 Å². The molecule has 0 rings (SSSR count). The van der Waals surface area contributed by atoms with Crippen LogP contribution in [0.4, 0.5) is 0 Å². The van der Waals surface area contributed by atoms with E-state index < -0.39 is 16.8 Å². The Hall–Kier alpha value is -0.870. The Morgan fingerprint density at radius 3 is 2.15 bits per heavy atom. The van der Waals surface area contributed by atoms with Gasteiger partial charge >= 0.3 is 5.97 Å². The van der Waals surface area contributed by atoms with Gasteiger partial charge in [-0.15, -0.1) is 0 Å². The zero-order chi connectivity index (χ0) is 10.5. The lowest BCUT2D eigenvalue weighted by molar-refractivity contribution is -0.316. The molecule has 0 saturated heterocycles. The van der Waals surface area contributed by atoms with Gasteiger partial charge in [-0.2, -0.15) is 4.89 Å². The molecule has 74 valence electrons. The van der Waals surface area contributed by atoms with Gasteiger partial charge in [0.25, 0.3) is 0 Å². The molecule has 13 heavy (non-hydrogen) atoms. The summed E-state index contributed by atoms with van der Waals surface area (Å²) in [5.41, 5.74) is -0.575. The minimum absolute atomic E-state index is 0.575. The van der Waals surface area contributed by atoms with E-state index in [4.69, 9.17) is 11.6 Å². The molecule has 5 heteroatoms. The molecule has 0 aliphatic carbocycles. The van der Waals surface area contributed by atoms with Crippen molar-refractivity contribution < 1.29 is 19.4 Å². The summed E-state index contributed by atoms with van der Waals surface area (Å²) < 4.78 is 0. The molecule has 0 bridgehead atoms. The van der Waals surface area contributed by atoms with Crippen LogP contribution in [0.5, 0.6) is 0 Å². The largest absolute Gasteiger partial charge is 0.366 e. The Bertz CT molecular complexity index is 227. The molecule has 0 spiro atoms. The fraction of sp³-hybridized carbons (Fsp3) is 0.500. The molecule has 0 N–H and O–H groups in total. The zero-order valence-corrected chi connectivity index (χ0v) is 8.42. The molecule has 0 heterocycles. The fourth-order valence-corrected chi connectivity index (χ4v) is 0.390. The number of allylic oxidation sites excluding steroid dienone is 1. The van der Waals surface area contributed by atoms with Crippen molar-refractivity contribution in [2.75, 3.05) is 0 Å². The number of hydrogen-bond acceptors (Lipinski definition) is 4. The Kier molecular flexibility index (Phi) is 4.66. The highest BCUT2D eigenvalue weighted by molar-refractivity contribution is 6.66. The lowest BCUT2D eigenvalue weighted by atomic mass is 10.2. The molecule has 0 saturated carbocycles. The minimum atomic E-state index is -0.774. The van der Waals surface area contributed by atoms with E-state index in [-0.39, 0.29) is 0 Å². The molecule has 0 aliphatic rings. The second-order valence-corrected chi connectivity index (χ2v) is 3.61. The SMILES string of the molecule is CC(C)(C)OOC(=O)C=CC(=O)Cl. The van der Waals surface area contributed by atoms with Gasteiger partial charge in [0, 0.05) is 12.2 Å². The smallest absolute Gasteiger partial charge is 0.293 e. The van der Waals surface area contributed by atoms with Crippen molar-refractivity contribution in [3.63, 3.8) is 0 Å². The molecule has 0 atom stereocenters. The van der Waals surface area contributed by atoms with Crippen LogP contribution in [0.25, 0.3) is 0 Å². The van der Waals surface area contributed by atoms with Gasteiger partial charge in [0.15, 0.2) is 0 Å². The standard InChI is InChI=1S/C8H11ClO4/c1-8(2,3)13-12-7(11)5-4-6(9)10/h4-5H,1-3H3. The molecule has 0 aliphatic heterocycles. The van der Waals surface area contributed by atoms with Gasteiger partial charge in [0.2, 0.25) is 5.24 Å². The number of carbonyl (C=O) groups is 2. The van der Waals surface area contributed by atoms with Gasteiger partial charge in [-0.05, 0) is 32.4 Å². The van der Waals surface area contributed by atoms with E-state index in [9.17, 15) is 9.59 Å². The van der Waals surface area contributed by atoms with Crippen molar-refractivity contribution in [1.82, 2.24) is 0 Å². The summed E-state index contributed by atoms with van der Waals surface area (Å²) in [7, 11) is 0. The maximum absolute atomic E-state index is 10.7. The first-order valence-electron chi connectivity index (χ1n) is 3.58. The van der Waals surface area contributed by atoms with E-state index in [1.54, 1.807) is 20.8 Å². The Balaban J connectivity index is 3.83. The van der Waals surface area contributed by atoms with Crippen molar-refractivity contribution in [3.8, 4) is 0 Å². The number of carbonyl (C=O) groups excluding carboxylic acids is 2. The first-order valence-corrected chi connectivity index (χ1v) is 3.96. The first-order chi connectivity index (χ1) is 5.81. The van der Waals surface area contributed by atoms with Crippen LogP contribution in [0, 0.1) is 0 Å². The molecule has 0 aromatic heterocycles. The topological polar surface area (TPSA) is 52.6 Å². The third-order valence-corrected chi connectivity index (χ3v) is 0.850. The summed E-state index contributed by atoms with van der Waals surface area (Å²) >= 11 is 4.94. The summed E-state index contributed by atoms with van der Waals surface area (Å²) in [6.45, 7) is 5.16. The van der Waals surface area contributed by atoms with Crippen molar-refractivity contribution >= 4 is 22.8 Å². The number of hydrogen-bond donors (Lipinski definition) is 0. The fourth-order valence-electron chi connectivity index (χ4n) is 0.327. The van der Waals surface area contributed by atoms with Crippen LogP contribution < -0.4 is 0 Å². The summed E-state index contributed by atoms with van der Waals surface area (Å²) in [4.78, 5) is 29.9. The van der Waals surface area contributed by atoms with Crippen LogP contribution in [0.3, 0.4) is 0 Å². The molecular weight excluding hydrogens is 196 g/mol. The number of halogens is 1. The van der Waals surface area contributed by atoms with Gasteiger partial charge < -0.3 is 0 Å². The first kappa shape index (κ1) is 12.1. The second-order valence-electron chi connectivity index (χ2n) is 3.24. The van der Waals surface area contributed by atoms with Crippen LogP contribution in [-0.4, -0.2) is 16.8 Å². The summed E-state index contributed by atoms with van der Waals surface area (Å²) in [5.74, 6) is -0.774. The van der Waals surface area contributed by atoms with Crippen LogP contribution in [-0.2, 0) is 19.4 Å². The summed E-state index contributed by atoms with van der Waals surface area (Å²) in [5, 5.41) is -0.743. The van der Waals surface area contributed by atoms with Crippen molar-refractivity contribution in [2.45, 2.75) is 26.4 Å². The van der Waals surface area contributed by atoms with Gasteiger partial charge in [-0.3, -0.25) is 9.68 Å². The highest BCUT2D eigenvalue weighted by atomic mass is 35.5. The van der Waals surface area contributed by atoms with E-state index in [2.05, 4.69) is 9.78 Å². The third kappa shape index (κ3) is 9.04. The quantitative estimate of drug-likeness (QED) is 0.305. The Morgan fingerprint density at radius 1 is 1.23 bits per heavy atom. The molecule has 0 fully saturated rings. The van der Waals surface area contributed by atoms with Gasteiger partial charge in [0.1, 0.15) is 5.60 Å². The highest BCUT2D eigenvalue weighted by Gasteiger charge is 2.13. The van der Waals surface area contributed by atoms with Crippen molar-refractivity contribution in [1.29, 1.82) is 0 Å². The van der Waals surface area contributed by atoms with E-state index in [0.29, 0.717) is 0 Å². The van der Waals surface area contributed by atoms with Gasteiger partial charge in [-0.1, -0.05) is 0 Å². The van der Waals surface area contributed by atoms with Crippen LogP contribution >= 0.6 is 11.6 Å². The maximum Gasteiger partial charge on any atom is 0.366 e. The van der Waals surface area contributed by atoms with Crippen molar-refractivity contribution in [3.05, 3.63) is 12.2 Å². The van der Waals surface area contributed by atoms with E-state index >= 15 is 0 Å². The van der Waals surface area contributed by atoms with Crippen molar-refractivity contribution in [2.24, 2.45) is 0 Å². The molecule has 0 unspecified atom stereocenters. The minimum Gasteiger partial charge on any atom is -0.293 e. The van der Waals surface area contributed by atoms with E-state index in [1.165, 1.54) is 0 Å². The summed E-state index contributed by atoms with van der Waals surface area (Å²) in [6, 6.07) is 0. The molecule has 0 aromatic rings. The maximum atomic E-state index is 10.7. The second kappa shape index (κ2) is 4.99. The molecule has 4 nitrogen and oxygen atoms in total. The molecular formula is C8H11ClO4. The molecule has 0 aromatic carbocycles. The molecule has 0 amide bonds. The van der Waals surface area contributed by atoms with Crippen LogP contribution in [0.1, 0.15) is 20.8 Å². The van der Waals surface area contributed by atoms with Crippen LogP contribution in [0.15, 0.2) is 12.2 Å². The lowest BCUT2D eigenvalue weighted by Crippen LogP contribution is -2.21. The zero-order valence-electron chi connectivity index (χ0n) is 7.67. The highest BCUT2D eigenvalue weighted by Crippen LogP contribution is 2.07. The lowest BCUT2D eigenvalue weighted by Gasteiger charge is -2.15. The predicted octanol–water partition coefficient (Wildman–Crippen LogP) is 1.58. The van der Waals surface area contributed by atoms with Gasteiger partial charge in [0.05, 0.1) is 0 Å². The third-order valence-electron chi connectivity index (χ3n) is 0.724. The average Bonchev–Trinajstić information content (AvgIpc) is 1.95. The average molecular weight is 207 g/mol. The van der Waals surface area contributed by atoms with E-state index in [1.807, 2.05) is 0 Å². The summed E-state index contributed by atoms with van der Waals surface area (Å²) in [6.07, 6.45) is 1.77. The normalized spacial score (nSPS) is 11.7. The molecule has 0 radical (unpaired) electrons.